The van der Waals surface area contributed by atoms with Gasteiger partial charge in [-0.25, -0.2) is 9.18 Å². The number of rotatable bonds is 5. The molecule has 1 amide bonds. The third kappa shape index (κ3) is 4.68. The van der Waals surface area contributed by atoms with Crippen LogP contribution >= 0.6 is 11.6 Å². The second-order valence-electron chi connectivity index (χ2n) is 7.42. The Morgan fingerprint density at radius 2 is 1.44 bits per heavy atom. The van der Waals surface area contributed by atoms with Crippen LogP contribution in [0.3, 0.4) is 0 Å². The molecule has 1 heterocycles. The van der Waals surface area contributed by atoms with E-state index in [0.717, 1.165) is 24.5 Å². The van der Waals surface area contributed by atoms with Crippen LogP contribution in [0.15, 0.2) is 66.7 Å². The minimum absolute atomic E-state index is 0.00358. The second kappa shape index (κ2) is 9.28. The van der Waals surface area contributed by atoms with Gasteiger partial charge in [-0.3, -0.25) is 4.79 Å². The molecule has 0 unspecified atom stereocenters. The van der Waals surface area contributed by atoms with E-state index in [1.807, 2.05) is 0 Å². The summed E-state index contributed by atoms with van der Waals surface area (Å²) in [6, 6.07) is 17.9. The first-order valence-corrected chi connectivity index (χ1v) is 10.5. The molecule has 0 aromatic heterocycles. The maximum absolute atomic E-state index is 13.2. The van der Waals surface area contributed by atoms with E-state index in [0.29, 0.717) is 13.1 Å². The summed E-state index contributed by atoms with van der Waals surface area (Å²) in [4.78, 5) is 28.7. The number of piperazine rings is 1. The van der Waals surface area contributed by atoms with Crippen molar-refractivity contribution >= 4 is 40.5 Å². The quantitative estimate of drug-likeness (QED) is 0.583. The Morgan fingerprint density at radius 1 is 0.844 bits per heavy atom. The smallest absolute Gasteiger partial charge is 0.337 e. The number of anilines is 3. The first-order chi connectivity index (χ1) is 15.4. The Balaban J connectivity index is 1.48. The molecule has 2 N–H and O–H groups in total. The Labute approximate surface area is 189 Å². The molecule has 1 saturated heterocycles. The molecule has 3 aromatic carbocycles. The summed E-state index contributed by atoms with van der Waals surface area (Å²) in [5, 5.41) is 12.6. The standard InChI is InChI=1S/C24H21ClFN3O3/c25-21-4-2-1-3-19(21)23(30)27-22-10-9-18(15-20(22)24(31)32)29-13-11-28(12-14-29)17-7-5-16(26)6-8-17/h1-10,15H,11-14H2,(H,27,30)(H,31,32). The maximum atomic E-state index is 13.2. The van der Waals surface area contributed by atoms with Crippen LogP contribution in [0.5, 0.6) is 0 Å². The molecule has 0 saturated carbocycles. The van der Waals surface area contributed by atoms with Crippen molar-refractivity contribution in [3.05, 3.63) is 88.7 Å². The Morgan fingerprint density at radius 3 is 2.06 bits per heavy atom. The molecule has 6 nitrogen and oxygen atoms in total. The topological polar surface area (TPSA) is 72.9 Å². The van der Waals surface area contributed by atoms with E-state index in [4.69, 9.17) is 11.6 Å². The summed E-state index contributed by atoms with van der Waals surface area (Å²) in [5.74, 6) is -1.87. The Hall–Kier alpha value is -3.58. The highest BCUT2D eigenvalue weighted by Gasteiger charge is 2.21. The van der Waals surface area contributed by atoms with Gasteiger partial charge in [0.2, 0.25) is 0 Å². The molecule has 1 aliphatic rings. The van der Waals surface area contributed by atoms with Gasteiger partial charge in [0.15, 0.2) is 0 Å². The minimum Gasteiger partial charge on any atom is -0.478 e. The number of aromatic carboxylic acids is 1. The van der Waals surface area contributed by atoms with Crippen LogP contribution in [0.25, 0.3) is 0 Å². The molecule has 0 spiro atoms. The molecule has 4 rings (SSSR count). The summed E-state index contributed by atoms with van der Waals surface area (Å²) in [6.45, 7) is 2.81. The summed E-state index contributed by atoms with van der Waals surface area (Å²) < 4.78 is 13.2. The van der Waals surface area contributed by atoms with Crippen LogP contribution in [0.1, 0.15) is 20.7 Å². The number of halogens is 2. The van der Waals surface area contributed by atoms with Crippen LogP contribution < -0.4 is 15.1 Å². The van der Waals surface area contributed by atoms with Crippen molar-refractivity contribution in [2.45, 2.75) is 0 Å². The third-order valence-corrected chi connectivity index (χ3v) is 5.77. The van der Waals surface area contributed by atoms with Gasteiger partial charge in [-0.2, -0.15) is 0 Å². The highest BCUT2D eigenvalue weighted by atomic mass is 35.5. The van der Waals surface area contributed by atoms with Crippen molar-refractivity contribution in [2.75, 3.05) is 41.3 Å². The lowest BCUT2D eigenvalue weighted by Gasteiger charge is -2.37. The fourth-order valence-electron chi connectivity index (χ4n) is 3.72. The summed E-state index contributed by atoms with van der Waals surface area (Å²) in [6.07, 6.45) is 0. The number of carbonyl (C=O) groups is 2. The van der Waals surface area contributed by atoms with Crippen LogP contribution in [0.4, 0.5) is 21.5 Å². The van der Waals surface area contributed by atoms with Gasteiger partial charge in [-0.15, -0.1) is 0 Å². The molecule has 0 atom stereocenters. The van der Waals surface area contributed by atoms with Crippen molar-refractivity contribution in [2.24, 2.45) is 0 Å². The molecular formula is C24H21ClFN3O3. The average Bonchev–Trinajstić information content (AvgIpc) is 2.80. The number of nitrogens with zero attached hydrogens (tertiary/aromatic N) is 2. The number of carboxylic acid groups (broad SMARTS) is 1. The summed E-state index contributed by atoms with van der Waals surface area (Å²) >= 11 is 6.07. The highest BCUT2D eigenvalue weighted by molar-refractivity contribution is 6.34. The monoisotopic (exact) mass is 453 g/mol. The van der Waals surface area contributed by atoms with E-state index >= 15 is 0 Å². The van der Waals surface area contributed by atoms with Gasteiger partial charge < -0.3 is 20.2 Å². The van der Waals surface area contributed by atoms with Gasteiger partial charge in [0.25, 0.3) is 5.91 Å². The molecule has 8 heteroatoms. The number of nitrogens with one attached hydrogen (secondary N) is 1. The normalized spacial score (nSPS) is 13.7. The van der Waals surface area contributed by atoms with Gasteiger partial charge in [0.05, 0.1) is 21.8 Å². The lowest BCUT2D eigenvalue weighted by Crippen LogP contribution is -2.46. The number of carboxylic acids is 1. The Kier molecular flexibility index (Phi) is 6.28. The van der Waals surface area contributed by atoms with Gasteiger partial charge in [0, 0.05) is 37.6 Å². The van der Waals surface area contributed by atoms with E-state index in [9.17, 15) is 19.1 Å². The first-order valence-electron chi connectivity index (χ1n) is 10.1. The number of hydrogen-bond donors (Lipinski definition) is 2. The molecule has 1 aliphatic heterocycles. The maximum Gasteiger partial charge on any atom is 0.337 e. The average molecular weight is 454 g/mol. The molecule has 3 aromatic rings. The molecule has 164 valence electrons. The SMILES string of the molecule is O=C(Nc1ccc(N2CCN(c3ccc(F)cc3)CC2)cc1C(=O)O)c1ccccc1Cl. The fraction of sp³-hybridized carbons (Fsp3) is 0.167. The van der Waals surface area contributed by atoms with Crippen molar-refractivity contribution < 1.29 is 19.1 Å². The van der Waals surface area contributed by atoms with Crippen molar-refractivity contribution in [3.63, 3.8) is 0 Å². The van der Waals surface area contributed by atoms with Crippen molar-refractivity contribution in [1.82, 2.24) is 0 Å². The molecule has 32 heavy (non-hydrogen) atoms. The van der Waals surface area contributed by atoms with Crippen LogP contribution in [-0.2, 0) is 0 Å². The minimum atomic E-state index is -1.13. The molecule has 0 aliphatic carbocycles. The van der Waals surface area contributed by atoms with Crippen molar-refractivity contribution in [3.8, 4) is 0 Å². The van der Waals surface area contributed by atoms with E-state index in [2.05, 4.69) is 15.1 Å². The van der Waals surface area contributed by atoms with E-state index < -0.39 is 11.9 Å². The number of hydrogen-bond acceptors (Lipinski definition) is 4. The molecular weight excluding hydrogens is 433 g/mol. The van der Waals surface area contributed by atoms with Crippen LogP contribution in [0.2, 0.25) is 5.02 Å². The van der Waals surface area contributed by atoms with Gasteiger partial charge in [-0.05, 0) is 54.6 Å². The zero-order chi connectivity index (χ0) is 22.7. The fourth-order valence-corrected chi connectivity index (χ4v) is 3.95. The molecule has 0 radical (unpaired) electrons. The number of carbonyl (C=O) groups excluding carboxylic acids is 1. The largest absolute Gasteiger partial charge is 0.478 e. The van der Waals surface area contributed by atoms with E-state index in [1.165, 1.54) is 12.1 Å². The number of benzene rings is 3. The highest BCUT2D eigenvalue weighted by Crippen LogP contribution is 2.27. The lowest BCUT2D eigenvalue weighted by molar-refractivity contribution is 0.0698. The molecule has 1 fully saturated rings. The molecule has 0 bridgehead atoms. The van der Waals surface area contributed by atoms with E-state index in [-0.39, 0.29) is 27.7 Å². The van der Waals surface area contributed by atoms with Gasteiger partial charge >= 0.3 is 5.97 Å². The van der Waals surface area contributed by atoms with Crippen LogP contribution in [-0.4, -0.2) is 43.2 Å². The zero-order valence-corrected chi connectivity index (χ0v) is 17.8. The predicted molar refractivity (Wildman–Crippen MR) is 124 cm³/mol. The van der Waals surface area contributed by atoms with Gasteiger partial charge in [-0.1, -0.05) is 23.7 Å². The van der Waals surface area contributed by atoms with Crippen LogP contribution in [0, 0.1) is 5.82 Å². The predicted octanol–water partition coefficient (Wildman–Crippen LogP) is 4.76. The third-order valence-electron chi connectivity index (χ3n) is 5.44. The summed E-state index contributed by atoms with van der Waals surface area (Å²) in [7, 11) is 0. The Bertz CT molecular complexity index is 1150. The van der Waals surface area contributed by atoms with Crippen molar-refractivity contribution in [1.29, 1.82) is 0 Å². The first kappa shape index (κ1) is 21.6. The lowest BCUT2D eigenvalue weighted by atomic mass is 10.1. The summed E-state index contributed by atoms with van der Waals surface area (Å²) in [5.41, 5.74) is 2.19. The zero-order valence-electron chi connectivity index (χ0n) is 17.1. The van der Waals surface area contributed by atoms with Gasteiger partial charge in [0.1, 0.15) is 5.82 Å². The number of amides is 1. The van der Waals surface area contributed by atoms with E-state index in [1.54, 1.807) is 54.6 Å². The second-order valence-corrected chi connectivity index (χ2v) is 7.83.